The second kappa shape index (κ2) is 6.95. The van der Waals surface area contributed by atoms with Gasteiger partial charge < -0.3 is 15.4 Å². The second-order valence-corrected chi connectivity index (χ2v) is 7.17. The van der Waals surface area contributed by atoms with Gasteiger partial charge in [0.1, 0.15) is 22.8 Å². The summed E-state index contributed by atoms with van der Waals surface area (Å²) in [5.74, 6) is 0.656. The largest absolute Gasteiger partial charge is 0.384 e. The van der Waals surface area contributed by atoms with Gasteiger partial charge in [-0.25, -0.2) is 9.67 Å². The summed E-state index contributed by atoms with van der Waals surface area (Å²) >= 11 is 0. The Hall–Kier alpha value is -2.22. The van der Waals surface area contributed by atoms with Gasteiger partial charge in [-0.3, -0.25) is 4.79 Å². The molecule has 8 heteroatoms. The minimum Gasteiger partial charge on any atom is -0.384 e. The van der Waals surface area contributed by atoms with E-state index in [1.807, 2.05) is 6.92 Å². The predicted octanol–water partition coefficient (Wildman–Crippen LogP) is 1.70. The number of nitrogens with zero attached hydrogens (tertiary/aromatic N) is 4. The molecule has 1 aliphatic rings. The average Bonchev–Trinajstić information content (AvgIpc) is 3.24. The van der Waals surface area contributed by atoms with Crippen LogP contribution in [0.1, 0.15) is 74.5 Å². The third kappa shape index (κ3) is 3.89. The number of aromatic amines is 1. The van der Waals surface area contributed by atoms with Crippen molar-refractivity contribution in [2.75, 3.05) is 0 Å². The molecule has 0 unspecified atom stereocenters. The normalized spacial score (nSPS) is 21.3. The summed E-state index contributed by atoms with van der Waals surface area (Å²) in [7, 11) is 0. The van der Waals surface area contributed by atoms with Gasteiger partial charge in [0, 0.05) is 6.42 Å². The summed E-state index contributed by atoms with van der Waals surface area (Å²) in [6.07, 6.45) is 8.08. The van der Waals surface area contributed by atoms with E-state index in [-0.39, 0.29) is 18.0 Å². The van der Waals surface area contributed by atoms with Crippen molar-refractivity contribution in [3.63, 3.8) is 0 Å². The van der Waals surface area contributed by atoms with Crippen LogP contribution in [0, 0.1) is 0 Å². The Labute approximate surface area is 147 Å². The van der Waals surface area contributed by atoms with Crippen LogP contribution in [0.3, 0.4) is 0 Å². The number of hydrogen-bond donors (Lipinski definition) is 3. The molecule has 25 heavy (non-hydrogen) atoms. The van der Waals surface area contributed by atoms with Gasteiger partial charge in [0.2, 0.25) is 0 Å². The van der Waals surface area contributed by atoms with Crippen LogP contribution in [0.2, 0.25) is 0 Å². The molecule has 2 atom stereocenters. The van der Waals surface area contributed by atoms with Crippen molar-refractivity contribution in [1.29, 1.82) is 0 Å². The number of carbonyl (C=O) groups is 1. The summed E-state index contributed by atoms with van der Waals surface area (Å²) in [6, 6.07) is 0.0147. The molecule has 2 aromatic heterocycles. The van der Waals surface area contributed by atoms with Crippen LogP contribution >= 0.6 is 0 Å². The zero-order valence-electron chi connectivity index (χ0n) is 15.0. The van der Waals surface area contributed by atoms with E-state index in [9.17, 15) is 9.90 Å². The monoisotopic (exact) mass is 346 g/mol. The van der Waals surface area contributed by atoms with Crippen LogP contribution in [0.5, 0.6) is 0 Å². The highest BCUT2D eigenvalue weighted by molar-refractivity contribution is 5.92. The maximum atomic E-state index is 12.5. The van der Waals surface area contributed by atoms with E-state index >= 15 is 0 Å². The number of nitrogens with one attached hydrogen (secondary N) is 2. The number of aliphatic hydroxyl groups is 1. The fourth-order valence-corrected chi connectivity index (χ4v) is 3.22. The van der Waals surface area contributed by atoms with Crippen LogP contribution in [-0.4, -0.2) is 42.0 Å². The summed E-state index contributed by atoms with van der Waals surface area (Å²) in [5, 5.41) is 21.5. The SMILES string of the molecule is CCc1ncc(C(=O)N[C@H]2CCCC[C@H]2n2cc(C(C)(C)O)nn2)[nH]1. The number of imidazole rings is 1. The Balaban J connectivity index is 1.74. The molecule has 0 aromatic carbocycles. The zero-order chi connectivity index (χ0) is 18.0. The molecule has 1 amide bonds. The topological polar surface area (TPSA) is 109 Å². The fraction of sp³-hybridized carbons (Fsp3) is 0.647. The van der Waals surface area contributed by atoms with E-state index in [1.165, 1.54) is 0 Å². The predicted molar refractivity (Wildman–Crippen MR) is 92.0 cm³/mol. The quantitative estimate of drug-likeness (QED) is 0.763. The molecule has 136 valence electrons. The molecular formula is C17H26N6O2. The van der Waals surface area contributed by atoms with Crippen LogP contribution in [0.25, 0.3) is 0 Å². The maximum absolute atomic E-state index is 12.5. The third-order valence-corrected chi connectivity index (χ3v) is 4.73. The Kier molecular flexibility index (Phi) is 4.89. The molecule has 0 spiro atoms. The summed E-state index contributed by atoms with van der Waals surface area (Å²) in [5.41, 5.74) is -0.0146. The summed E-state index contributed by atoms with van der Waals surface area (Å²) < 4.78 is 1.78. The second-order valence-electron chi connectivity index (χ2n) is 7.17. The Bertz CT molecular complexity index is 730. The summed E-state index contributed by atoms with van der Waals surface area (Å²) in [6.45, 7) is 5.36. The smallest absolute Gasteiger partial charge is 0.269 e. The zero-order valence-corrected chi connectivity index (χ0v) is 15.0. The lowest BCUT2D eigenvalue weighted by Gasteiger charge is -2.31. The Morgan fingerprint density at radius 1 is 1.44 bits per heavy atom. The molecule has 1 aliphatic carbocycles. The van der Waals surface area contributed by atoms with Gasteiger partial charge in [0.25, 0.3) is 5.91 Å². The number of aryl methyl sites for hydroxylation is 1. The van der Waals surface area contributed by atoms with Crippen molar-refractivity contribution in [2.24, 2.45) is 0 Å². The van der Waals surface area contributed by atoms with Gasteiger partial charge in [0.15, 0.2) is 0 Å². The van der Waals surface area contributed by atoms with Gasteiger partial charge in [-0.1, -0.05) is 25.0 Å². The van der Waals surface area contributed by atoms with E-state index in [4.69, 9.17) is 0 Å². The molecule has 0 aliphatic heterocycles. The first-order valence-electron chi connectivity index (χ1n) is 8.88. The average molecular weight is 346 g/mol. The molecule has 2 aromatic rings. The van der Waals surface area contributed by atoms with Crippen molar-refractivity contribution in [3.05, 3.63) is 29.6 Å². The number of H-pyrrole nitrogens is 1. The molecular weight excluding hydrogens is 320 g/mol. The van der Waals surface area contributed by atoms with Gasteiger partial charge in [-0.15, -0.1) is 5.10 Å². The highest BCUT2D eigenvalue weighted by atomic mass is 16.3. The van der Waals surface area contributed by atoms with Gasteiger partial charge >= 0.3 is 0 Å². The Morgan fingerprint density at radius 2 is 2.20 bits per heavy atom. The molecule has 0 radical (unpaired) electrons. The van der Waals surface area contributed by atoms with E-state index in [2.05, 4.69) is 25.6 Å². The molecule has 1 saturated carbocycles. The van der Waals surface area contributed by atoms with Crippen LogP contribution in [0.4, 0.5) is 0 Å². The van der Waals surface area contributed by atoms with Gasteiger partial charge in [-0.2, -0.15) is 0 Å². The van der Waals surface area contributed by atoms with E-state index < -0.39 is 5.60 Å². The minimum absolute atomic E-state index is 0.0222. The minimum atomic E-state index is -1.03. The number of rotatable bonds is 5. The highest BCUT2D eigenvalue weighted by Gasteiger charge is 2.31. The first-order valence-corrected chi connectivity index (χ1v) is 8.88. The lowest BCUT2D eigenvalue weighted by molar-refractivity contribution is 0.0735. The maximum Gasteiger partial charge on any atom is 0.269 e. The molecule has 1 fully saturated rings. The van der Waals surface area contributed by atoms with Gasteiger partial charge in [-0.05, 0) is 26.7 Å². The van der Waals surface area contributed by atoms with E-state index in [0.29, 0.717) is 11.4 Å². The first kappa shape index (κ1) is 17.6. The van der Waals surface area contributed by atoms with E-state index in [0.717, 1.165) is 37.9 Å². The lowest BCUT2D eigenvalue weighted by Crippen LogP contribution is -2.43. The number of aromatic nitrogens is 5. The van der Waals surface area contributed by atoms with Crippen molar-refractivity contribution < 1.29 is 9.90 Å². The van der Waals surface area contributed by atoms with E-state index in [1.54, 1.807) is 30.9 Å². The van der Waals surface area contributed by atoms with Crippen LogP contribution < -0.4 is 5.32 Å². The summed E-state index contributed by atoms with van der Waals surface area (Å²) in [4.78, 5) is 19.7. The van der Waals surface area contributed by atoms with Crippen molar-refractivity contribution in [1.82, 2.24) is 30.3 Å². The molecule has 0 bridgehead atoms. The third-order valence-electron chi connectivity index (χ3n) is 4.73. The van der Waals surface area contributed by atoms with Crippen molar-refractivity contribution in [2.45, 2.75) is 70.6 Å². The van der Waals surface area contributed by atoms with Gasteiger partial charge in [0.05, 0.1) is 24.5 Å². The highest BCUT2D eigenvalue weighted by Crippen LogP contribution is 2.29. The number of carbonyl (C=O) groups excluding carboxylic acids is 1. The van der Waals surface area contributed by atoms with Crippen LogP contribution in [-0.2, 0) is 12.0 Å². The first-order chi connectivity index (χ1) is 11.9. The fourth-order valence-electron chi connectivity index (χ4n) is 3.22. The lowest BCUT2D eigenvalue weighted by atomic mass is 9.90. The molecule has 2 heterocycles. The number of hydrogen-bond acceptors (Lipinski definition) is 5. The Morgan fingerprint density at radius 3 is 2.84 bits per heavy atom. The number of amides is 1. The standard InChI is InChI=1S/C17H26N6O2/c1-4-15-18-9-12(19-15)16(24)20-11-7-5-6-8-13(11)23-10-14(21-22-23)17(2,3)25/h9-11,13,25H,4-8H2,1-3H3,(H,18,19)(H,20,24)/t11-,13+/m0/s1. The molecule has 8 nitrogen and oxygen atoms in total. The van der Waals surface area contributed by atoms with Crippen molar-refractivity contribution in [3.8, 4) is 0 Å². The molecule has 3 rings (SSSR count). The molecule has 0 saturated heterocycles. The van der Waals surface area contributed by atoms with Crippen LogP contribution in [0.15, 0.2) is 12.4 Å². The van der Waals surface area contributed by atoms with Crippen molar-refractivity contribution >= 4 is 5.91 Å². The molecule has 3 N–H and O–H groups in total.